The smallest absolute Gasteiger partial charge is 0.151 e. The number of hydrogen-bond acceptors (Lipinski definition) is 2. The Hall–Kier alpha value is -0.350. The van der Waals surface area contributed by atoms with Crippen LogP contribution in [0.1, 0.15) is 10.4 Å². The molecule has 0 saturated carbocycles. The zero-order chi connectivity index (χ0) is 8.27. The van der Waals surface area contributed by atoms with Crippen molar-refractivity contribution in [3.63, 3.8) is 0 Å². The van der Waals surface area contributed by atoms with Gasteiger partial charge in [0.25, 0.3) is 0 Å². The van der Waals surface area contributed by atoms with Crippen LogP contribution < -0.4 is 0 Å². The third-order valence-corrected chi connectivity index (χ3v) is 2.20. The molecule has 0 N–H and O–H groups in total. The average Bonchev–Trinajstić information content (AvgIpc) is 2.04. The van der Waals surface area contributed by atoms with Crippen LogP contribution in [0.15, 0.2) is 27.6 Å². The lowest BCUT2D eigenvalue weighted by Crippen LogP contribution is -1.82. The van der Waals surface area contributed by atoms with Crippen molar-refractivity contribution in [2.45, 2.75) is 4.90 Å². The molecule has 0 aromatic heterocycles. The second-order valence-corrected chi connectivity index (χ2v) is 3.39. The van der Waals surface area contributed by atoms with E-state index in [4.69, 9.17) is 0 Å². The molecule has 0 bridgehead atoms. The molecule has 0 unspecified atom stereocenters. The molecule has 0 saturated heterocycles. The first kappa shape index (κ1) is 8.74. The van der Waals surface area contributed by atoms with Crippen molar-refractivity contribution in [3.05, 3.63) is 28.2 Å². The Morgan fingerprint density at radius 3 is 2.82 bits per heavy atom. The van der Waals surface area contributed by atoms with Crippen LogP contribution in [0.2, 0.25) is 0 Å². The summed E-state index contributed by atoms with van der Waals surface area (Å²) in [5.74, 6) is 0. The zero-order valence-corrected chi connectivity index (χ0v) is 7.78. The van der Waals surface area contributed by atoms with E-state index >= 15 is 0 Å². The molecular formula is C7H4BrFOS. The highest BCUT2D eigenvalue weighted by molar-refractivity contribution is 9.10. The van der Waals surface area contributed by atoms with E-state index in [0.29, 0.717) is 16.7 Å². The molecule has 4 heteroatoms. The summed E-state index contributed by atoms with van der Waals surface area (Å²) in [7, 11) is 0. The second-order valence-electron chi connectivity index (χ2n) is 1.88. The van der Waals surface area contributed by atoms with Crippen molar-refractivity contribution in [2.24, 2.45) is 0 Å². The van der Waals surface area contributed by atoms with Crippen molar-refractivity contribution in [2.75, 3.05) is 0 Å². The summed E-state index contributed by atoms with van der Waals surface area (Å²) < 4.78 is 12.9. The van der Waals surface area contributed by atoms with Gasteiger partial charge in [0, 0.05) is 10.0 Å². The third kappa shape index (κ3) is 2.04. The van der Waals surface area contributed by atoms with Gasteiger partial charge in [0.15, 0.2) is 6.29 Å². The molecule has 0 radical (unpaired) electrons. The summed E-state index contributed by atoms with van der Waals surface area (Å²) >= 11 is 3.24. The molecule has 1 nitrogen and oxygen atoms in total. The quantitative estimate of drug-likeness (QED) is 0.732. The highest BCUT2D eigenvalue weighted by atomic mass is 79.9. The van der Waals surface area contributed by atoms with Crippen molar-refractivity contribution in [3.8, 4) is 0 Å². The Kier molecular flexibility index (Phi) is 3.08. The molecule has 0 fully saturated rings. The first-order chi connectivity index (χ1) is 5.27. The first-order valence-corrected chi connectivity index (χ1v) is 4.32. The van der Waals surface area contributed by atoms with E-state index in [1.54, 1.807) is 18.2 Å². The van der Waals surface area contributed by atoms with Gasteiger partial charge in [-0.05, 0) is 18.2 Å². The van der Waals surface area contributed by atoms with E-state index in [1.807, 2.05) is 0 Å². The lowest BCUT2D eigenvalue weighted by atomic mass is 10.2. The molecule has 0 aliphatic rings. The standard InChI is InChI=1S/C7H4BrFOS/c8-6-2-1-5(4-10)7(3-6)11-9/h1-4H. The van der Waals surface area contributed by atoms with E-state index in [0.717, 1.165) is 4.47 Å². The van der Waals surface area contributed by atoms with E-state index in [1.165, 1.54) is 0 Å². The predicted molar refractivity (Wildman–Crippen MR) is 46.5 cm³/mol. The summed E-state index contributed by atoms with van der Waals surface area (Å²) in [4.78, 5) is 10.6. The minimum Gasteiger partial charge on any atom is -0.298 e. The fourth-order valence-electron chi connectivity index (χ4n) is 0.672. The number of carbonyl (C=O) groups is 1. The maximum Gasteiger partial charge on any atom is 0.151 e. The maximum atomic E-state index is 12.1. The highest BCUT2D eigenvalue weighted by Crippen LogP contribution is 2.25. The zero-order valence-electron chi connectivity index (χ0n) is 5.38. The Morgan fingerprint density at radius 1 is 1.55 bits per heavy atom. The van der Waals surface area contributed by atoms with Gasteiger partial charge in [-0.15, -0.1) is 0 Å². The fraction of sp³-hybridized carbons (Fsp3) is 0. The van der Waals surface area contributed by atoms with Crippen LogP contribution in [0.5, 0.6) is 0 Å². The molecule has 1 aromatic rings. The Morgan fingerprint density at radius 2 is 2.27 bits per heavy atom. The number of hydrogen-bond donors (Lipinski definition) is 0. The first-order valence-electron chi connectivity index (χ1n) is 2.81. The van der Waals surface area contributed by atoms with Crippen LogP contribution in [0.3, 0.4) is 0 Å². The lowest BCUT2D eigenvalue weighted by Gasteiger charge is -1.97. The van der Waals surface area contributed by atoms with Crippen molar-refractivity contribution in [1.29, 1.82) is 0 Å². The van der Waals surface area contributed by atoms with Crippen LogP contribution in [-0.4, -0.2) is 6.29 Å². The van der Waals surface area contributed by atoms with Gasteiger partial charge in [-0.1, -0.05) is 15.9 Å². The van der Waals surface area contributed by atoms with Gasteiger partial charge in [0.2, 0.25) is 0 Å². The molecular weight excluding hydrogens is 231 g/mol. The fourth-order valence-corrected chi connectivity index (χ4v) is 1.56. The summed E-state index contributed by atoms with van der Waals surface area (Å²) in [6, 6.07) is 4.83. The van der Waals surface area contributed by atoms with E-state index in [2.05, 4.69) is 15.9 Å². The van der Waals surface area contributed by atoms with Crippen LogP contribution in [-0.2, 0) is 0 Å². The Labute approximate surface area is 76.4 Å². The number of aldehydes is 1. The Balaban J connectivity index is 3.16. The van der Waals surface area contributed by atoms with Crippen molar-refractivity contribution >= 4 is 34.4 Å². The van der Waals surface area contributed by atoms with Gasteiger partial charge in [-0.3, -0.25) is 4.79 Å². The average molecular weight is 235 g/mol. The maximum absolute atomic E-state index is 12.1. The van der Waals surface area contributed by atoms with Crippen LogP contribution >= 0.6 is 28.1 Å². The minimum atomic E-state index is 0.0729. The monoisotopic (exact) mass is 234 g/mol. The van der Waals surface area contributed by atoms with E-state index in [-0.39, 0.29) is 12.1 Å². The molecule has 0 aliphatic heterocycles. The Bertz CT molecular complexity index is 277. The van der Waals surface area contributed by atoms with Crippen LogP contribution in [0, 0.1) is 0 Å². The lowest BCUT2D eigenvalue weighted by molar-refractivity contribution is 0.112. The van der Waals surface area contributed by atoms with Gasteiger partial charge in [-0.2, -0.15) is 3.89 Å². The molecule has 0 amide bonds. The number of rotatable bonds is 2. The van der Waals surface area contributed by atoms with Gasteiger partial charge >= 0.3 is 0 Å². The van der Waals surface area contributed by atoms with Crippen molar-refractivity contribution in [1.82, 2.24) is 0 Å². The summed E-state index contributed by atoms with van der Waals surface area (Å²) in [5, 5.41) is 0. The van der Waals surface area contributed by atoms with Crippen molar-refractivity contribution < 1.29 is 8.68 Å². The van der Waals surface area contributed by atoms with E-state index in [9.17, 15) is 8.68 Å². The molecule has 11 heavy (non-hydrogen) atoms. The molecule has 58 valence electrons. The molecule has 0 spiro atoms. The van der Waals surface area contributed by atoms with Crippen LogP contribution in [0.4, 0.5) is 3.89 Å². The topological polar surface area (TPSA) is 17.1 Å². The van der Waals surface area contributed by atoms with Gasteiger partial charge in [-0.25, -0.2) is 0 Å². The molecule has 0 atom stereocenters. The summed E-state index contributed by atoms with van der Waals surface area (Å²) in [6.45, 7) is 0. The van der Waals surface area contributed by atoms with E-state index < -0.39 is 0 Å². The molecule has 0 heterocycles. The number of halogens is 2. The predicted octanol–water partition coefficient (Wildman–Crippen LogP) is 3.24. The van der Waals surface area contributed by atoms with Crippen LogP contribution in [0.25, 0.3) is 0 Å². The largest absolute Gasteiger partial charge is 0.298 e. The third-order valence-electron chi connectivity index (χ3n) is 1.19. The minimum absolute atomic E-state index is 0.0729. The molecule has 1 aromatic carbocycles. The SMILES string of the molecule is O=Cc1ccc(Br)cc1SF. The summed E-state index contributed by atoms with van der Waals surface area (Å²) in [6.07, 6.45) is 0.633. The van der Waals surface area contributed by atoms with Gasteiger partial charge in [0.05, 0.1) is 17.0 Å². The normalized spacial score (nSPS) is 9.64. The second kappa shape index (κ2) is 3.88. The summed E-state index contributed by atoms with van der Waals surface area (Å²) in [5.41, 5.74) is 0.376. The molecule has 0 aliphatic carbocycles. The molecule has 1 rings (SSSR count). The van der Waals surface area contributed by atoms with Gasteiger partial charge in [0.1, 0.15) is 0 Å². The highest BCUT2D eigenvalue weighted by Gasteiger charge is 2.01. The number of carbonyl (C=O) groups excluding carboxylic acids is 1. The van der Waals surface area contributed by atoms with Gasteiger partial charge < -0.3 is 0 Å². The number of benzene rings is 1.